The van der Waals surface area contributed by atoms with Crippen LogP contribution in [0.25, 0.3) is 0 Å². The summed E-state index contributed by atoms with van der Waals surface area (Å²) in [5, 5.41) is 3.26. The van der Waals surface area contributed by atoms with Gasteiger partial charge in [0.1, 0.15) is 4.21 Å². The fourth-order valence-electron chi connectivity index (χ4n) is 2.66. The zero-order chi connectivity index (χ0) is 14.8. The summed E-state index contributed by atoms with van der Waals surface area (Å²) in [4.78, 5) is 1.13. The van der Waals surface area contributed by atoms with Crippen molar-refractivity contribution in [1.82, 2.24) is 9.62 Å². The predicted molar refractivity (Wildman–Crippen MR) is 83.8 cm³/mol. The Kier molecular flexibility index (Phi) is 4.89. The molecule has 0 spiro atoms. The van der Waals surface area contributed by atoms with Gasteiger partial charge in [-0.25, -0.2) is 8.42 Å². The first kappa shape index (κ1) is 15.9. The van der Waals surface area contributed by atoms with Crippen molar-refractivity contribution in [2.24, 2.45) is 0 Å². The van der Waals surface area contributed by atoms with Crippen molar-refractivity contribution in [2.75, 3.05) is 19.6 Å². The smallest absolute Gasteiger partial charge is 0.253 e. The maximum absolute atomic E-state index is 12.7. The van der Waals surface area contributed by atoms with Gasteiger partial charge in [0.05, 0.1) is 0 Å². The number of hydrogen-bond acceptors (Lipinski definition) is 4. The first-order valence-electron chi connectivity index (χ1n) is 7.20. The van der Waals surface area contributed by atoms with E-state index < -0.39 is 10.0 Å². The summed E-state index contributed by atoms with van der Waals surface area (Å²) in [7, 11) is -3.32. The Bertz CT molecular complexity index is 549. The molecule has 2 heterocycles. The molecule has 1 aromatic heterocycles. The molecule has 4 nitrogen and oxygen atoms in total. The highest BCUT2D eigenvalue weighted by Crippen LogP contribution is 2.36. The molecule has 1 fully saturated rings. The van der Waals surface area contributed by atoms with Gasteiger partial charge in [-0.05, 0) is 58.3 Å². The molecule has 1 aliphatic heterocycles. The third-order valence-corrected chi connectivity index (χ3v) is 7.53. The molecule has 20 heavy (non-hydrogen) atoms. The van der Waals surface area contributed by atoms with Crippen LogP contribution in [0.15, 0.2) is 16.3 Å². The number of sulfonamides is 1. The van der Waals surface area contributed by atoms with Gasteiger partial charge in [-0.15, -0.1) is 11.3 Å². The average Bonchev–Trinajstić information content (AvgIpc) is 2.96. The van der Waals surface area contributed by atoms with Crippen molar-refractivity contribution in [1.29, 1.82) is 0 Å². The van der Waals surface area contributed by atoms with E-state index in [-0.39, 0.29) is 5.54 Å². The molecular formula is C14H24N2O2S2. The number of likely N-dealkylation sites (N-methyl/N-ethyl adjacent to an activating group) is 1. The van der Waals surface area contributed by atoms with Gasteiger partial charge in [0, 0.05) is 17.0 Å². The van der Waals surface area contributed by atoms with Gasteiger partial charge >= 0.3 is 0 Å². The molecule has 0 saturated carbocycles. The highest BCUT2D eigenvalue weighted by atomic mass is 32.2. The lowest BCUT2D eigenvalue weighted by molar-refractivity contribution is 0.292. The van der Waals surface area contributed by atoms with Gasteiger partial charge in [0.15, 0.2) is 0 Å². The summed E-state index contributed by atoms with van der Waals surface area (Å²) in [6, 6.07) is 3.70. The molecule has 114 valence electrons. The molecule has 1 aliphatic rings. The fourth-order valence-corrected chi connectivity index (χ4v) is 5.97. The van der Waals surface area contributed by atoms with Crippen molar-refractivity contribution >= 4 is 21.4 Å². The average molecular weight is 316 g/mol. The molecule has 0 radical (unpaired) electrons. The number of nitrogens with one attached hydrogen (secondary N) is 1. The van der Waals surface area contributed by atoms with Crippen LogP contribution in [0.3, 0.4) is 0 Å². The second kappa shape index (κ2) is 6.13. The van der Waals surface area contributed by atoms with E-state index in [1.54, 1.807) is 10.4 Å². The van der Waals surface area contributed by atoms with Crippen LogP contribution in [0.2, 0.25) is 0 Å². The molecule has 2 rings (SSSR count). The number of thiophene rings is 1. The Morgan fingerprint density at radius 2 is 2.15 bits per heavy atom. The maximum Gasteiger partial charge on any atom is 0.253 e. The second-order valence-corrected chi connectivity index (χ2v) is 9.07. The Morgan fingerprint density at radius 1 is 1.40 bits per heavy atom. The lowest BCUT2D eigenvalue weighted by atomic mass is 10.0. The largest absolute Gasteiger partial charge is 0.317 e. The van der Waals surface area contributed by atoms with Crippen LogP contribution in [-0.2, 0) is 16.4 Å². The summed E-state index contributed by atoms with van der Waals surface area (Å²) in [5.41, 5.74) is -0.257. The van der Waals surface area contributed by atoms with Gasteiger partial charge in [-0.2, -0.15) is 4.31 Å². The van der Waals surface area contributed by atoms with E-state index in [2.05, 4.69) is 12.2 Å². The Labute approximate surface area is 126 Å². The monoisotopic (exact) mass is 316 g/mol. The van der Waals surface area contributed by atoms with Crippen LogP contribution in [-0.4, -0.2) is 37.9 Å². The zero-order valence-corrected chi connectivity index (χ0v) is 14.1. The van der Waals surface area contributed by atoms with Gasteiger partial charge in [-0.3, -0.25) is 0 Å². The van der Waals surface area contributed by atoms with Crippen molar-refractivity contribution < 1.29 is 8.42 Å². The fraction of sp³-hybridized carbons (Fsp3) is 0.714. The van der Waals surface area contributed by atoms with E-state index in [1.165, 1.54) is 11.3 Å². The quantitative estimate of drug-likeness (QED) is 0.820. The SMILES string of the molecule is CCNCCc1ccc(S(=O)(=O)N2CCCC2(C)C)s1. The normalized spacial score (nSPS) is 19.6. The van der Waals surface area contributed by atoms with Crippen LogP contribution in [0.4, 0.5) is 0 Å². The van der Waals surface area contributed by atoms with Crippen molar-refractivity contribution in [3.05, 3.63) is 17.0 Å². The van der Waals surface area contributed by atoms with Gasteiger partial charge < -0.3 is 5.32 Å². The van der Waals surface area contributed by atoms with E-state index in [4.69, 9.17) is 0 Å². The van der Waals surface area contributed by atoms with E-state index in [0.717, 1.165) is 37.2 Å². The molecule has 0 bridgehead atoms. The highest BCUT2D eigenvalue weighted by molar-refractivity contribution is 7.91. The van der Waals surface area contributed by atoms with E-state index in [9.17, 15) is 8.42 Å². The molecule has 0 amide bonds. The molecule has 0 unspecified atom stereocenters. The van der Waals surface area contributed by atoms with Crippen molar-refractivity contribution in [3.63, 3.8) is 0 Å². The lowest BCUT2D eigenvalue weighted by Crippen LogP contribution is -2.42. The van der Waals surface area contributed by atoms with E-state index in [1.807, 2.05) is 19.9 Å². The van der Waals surface area contributed by atoms with E-state index in [0.29, 0.717) is 10.8 Å². The topological polar surface area (TPSA) is 49.4 Å². The summed E-state index contributed by atoms with van der Waals surface area (Å²) < 4.78 is 27.6. The third-order valence-electron chi connectivity index (χ3n) is 3.80. The number of nitrogens with zero attached hydrogens (tertiary/aromatic N) is 1. The van der Waals surface area contributed by atoms with Crippen molar-refractivity contribution in [3.8, 4) is 0 Å². The van der Waals surface area contributed by atoms with Crippen LogP contribution in [0.5, 0.6) is 0 Å². The maximum atomic E-state index is 12.7. The molecule has 0 aliphatic carbocycles. The number of rotatable bonds is 6. The molecule has 6 heteroatoms. The third kappa shape index (κ3) is 3.24. The first-order valence-corrected chi connectivity index (χ1v) is 9.46. The molecule has 1 N–H and O–H groups in total. The molecule has 1 aromatic rings. The summed E-state index contributed by atoms with van der Waals surface area (Å²) in [5.74, 6) is 0. The van der Waals surface area contributed by atoms with Gasteiger partial charge in [-0.1, -0.05) is 6.92 Å². The van der Waals surface area contributed by atoms with Crippen LogP contribution < -0.4 is 5.32 Å². The molecular weight excluding hydrogens is 292 g/mol. The highest BCUT2D eigenvalue weighted by Gasteiger charge is 2.41. The Hall–Kier alpha value is -0.430. The Morgan fingerprint density at radius 3 is 2.75 bits per heavy atom. The lowest BCUT2D eigenvalue weighted by Gasteiger charge is -2.29. The van der Waals surface area contributed by atoms with Crippen LogP contribution in [0.1, 0.15) is 38.5 Å². The van der Waals surface area contributed by atoms with Crippen LogP contribution >= 0.6 is 11.3 Å². The van der Waals surface area contributed by atoms with Crippen LogP contribution in [0, 0.1) is 0 Å². The summed E-state index contributed by atoms with van der Waals surface area (Å²) in [6.07, 6.45) is 2.77. The Balaban J connectivity index is 2.14. The zero-order valence-electron chi connectivity index (χ0n) is 12.5. The summed E-state index contributed by atoms with van der Waals surface area (Å²) in [6.45, 7) is 8.57. The summed E-state index contributed by atoms with van der Waals surface area (Å²) >= 11 is 1.41. The van der Waals surface area contributed by atoms with Gasteiger partial charge in [0.25, 0.3) is 10.0 Å². The van der Waals surface area contributed by atoms with Gasteiger partial charge in [0.2, 0.25) is 0 Å². The van der Waals surface area contributed by atoms with Crippen molar-refractivity contribution in [2.45, 2.75) is 49.8 Å². The predicted octanol–water partition coefficient (Wildman–Crippen LogP) is 2.46. The minimum absolute atomic E-state index is 0.257. The first-order chi connectivity index (χ1) is 9.38. The minimum atomic E-state index is -3.32. The van der Waals surface area contributed by atoms with E-state index >= 15 is 0 Å². The molecule has 1 saturated heterocycles. The second-order valence-electron chi connectivity index (χ2n) is 5.82. The number of hydrogen-bond donors (Lipinski definition) is 1. The minimum Gasteiger partial charge on any atom is -0.317 e. The molecule has 0 atom stereocenters. The standard InChI is InChI=1S/C14H24N2O2S2/c1-4-15-10-8-12-6-7-13(19-12)20(17,18)16-11-5-9-14(16,2)3/h6-7,15H,4-5,8-11H2,1-3H3. The molecule has 0 aromatic carbocycles.